The highest BCUT2D eigenvalue weighted by Crippen LogP contribution is 2.28. The smallest absolute Gasteiger partial charge is 0.247 e. The SMILES string of the molecule is CC(=O)N(CC(=O)N1CCc2ccccc21)c1ccc(C)c(Br)c1. The molecule has 3 rings (SSSR count). The van der Waals surface area contributed by atoms with Crippen LogP contribution in [0.25, 0.3) is 0 Å². The first-order valence-corrected chi connectivity index (χ1v) is 8.69. The van der Waals surface area contributed by atoms with Crippen molar-refractivity contribution in [1.29, 1.82) is 0 Å². The molecule has 0 saturated carbocycles. The van der Waals surface area contributed by atoms with Gasteiger partial charge in [-0.2, -0.15) is 0 Å². The first-order valence-electron chi connectivity index (χ1n) is 7.90. The summed E-state index contributed by atoms with van der Waals surface area (Å²) in [6.07, 6.45) is 0.859. The second-order valence-corrected chi connectivity index (χ2v) is 6.82. The van der Waals surface area contributed by atoms with Gasteiger partial charge in [-0.15, -0.1) is 0 Å². The molecule has 0 atom stereocenters. The minimum atomic E-state index is -0.147. The lowest BCUT2D eigenvalue weighted by Gasteiger charge is -2.25. The van der Waals surface area contributed by atoms with Gasteiger partial charge in [-0.05, 0) is 42.7 Å². The Kier molecular flexibility index (Phi) is 4.71. The van der Waals surface area contributed by atoms with Gasteiger partial charge in [0.1, 0.15) is 6.54 Å². The van der Waals surface area contributed by atoms with Crippen LogP contribution in [0.3, 0.4) is 0 Å². The highest BCUT2D eigenvalue weighted by molar-refractivity contribution is 9.10. The molecule has 1 heterocycles. The third kappa shape index (κ3) is 3.22. The number of carbonyl (C=O) groups is 2. The highest BCUT2D eigenvalue weighted by atomic mass is 79.9. The van der Waals surface area contributed by atoms with E-state index in [0.717, 1.165) is 27.8 Å². The molecular weight excluding hydrogens is 368 g/mol. The molecule has 0 unspecified atom stereocenters. The summed E-state index contributed by atoms with van der Waals surface area (Å²) in [7, 11) is 0. The average molecular weight is 387 g/mol. The van der Waals surface area contributed by atoms with Gasteiger partial charge in [0.05, 0.1) is 0 Å². The molecule has 124 valence electrons. The average Bonchev–Trinajstić information content (AvgIpc) is 2.99. The number of para-hydroxylation sites is 1. The van der Waals surface area contributed by atoms with Crippen molar-refractivity contribution < 1.29 is 9.59 Å². The van der Waals surface area contributed by atoms with Gasteiger partial charge in [0.25, 0.3) is 0 Å². The largest absolute Gasteiger partial charge is 0.310 e. The maximum atomic E-state index is 12.8. The minimum absolute atomic E-state index is 0.0408. The Hall–Kier alpha value is -2.14. The molecule has 4 nitrogen and oxygen atoms in total. The Morgan fingerprint density at radius 1 is 1.21 bits per heavy atom. The molecular formula is C19H19BrN2O2. The van der Waals surface area contributed by atoms with E-state index in [9.17, 15) is 9.59 Å². The zero-order valence-electron chi connectivity index (χ0n) is 13.8. The van der Waals surface area contributed by atoms with Crippen LogP contribution in [0.2, 0.25) is 0 Å². The summed E-state index contributed by atoms with van der Waals surface area (Å²) in [5, 5.41) is 0. The van der Waals surface area contributed by atoms with E-state index in [2.05, 4.69) is 15.9 Å². The van der Waals surface area contributed by atoms with Gasteiger partial charge in [0.2, 0.25) is 11.8 Å². The van der Waals surface area contributed by atoms with Crippen LogP contribution in [0.15, 0.2) is 46.9 Å². The Bertz CT molecular complexity index is 804. The number of halogens is 1. The molecule has 0 aromatic heterocycles. The zero-order chi connectivity index (χ0) is 17.3. The summed E-state index contributed by atoms with van der Waals surface area (Å²) >= 11 is 3.48. The lowest BCUT2D eigenvalue weighted by atomic mass is 10.2. The van der Waals surface area contributed by atoms with Crippen LogP contribution in [-0.2, 0) is 16.0 Å². The molecule has 2 aromatic carbocycles. The molecule has 5 heteroatoms. The van der Waals surface area contributed by atoms with E-state index >= 15 is 0 Å². The molecule has 0 N–H and O–H groups in total. The van der Waals surface area contributed by atoms with E-state index in [1.54, 1.807) is 4.90 Å². The van der Waals surface area contributed by atoms with Crippen molar-refractivity contribution in [2.45, 2.75) is 20.3 Å². The molecule has 0 bridgehead atoms. The predicted molar refractivity (Wildman–Crippen MR) is 99.4 cm³/mol. The molecule has 0 saturated heterocycles. The van der Waals surface area contributed by atoms with E-state index in [-0.39, 0.29) is 18.4 Å². The quantitative estimate of drug-likeness (QED) is 0.806. The maximum absolute atomic E-state index is 12.8. The van der Waals surface area contributed by atoms with Crippen molar-refractivity contribution >= 4 is 39.1 Å². The Morgan fingerprint density at radius 3 is 2.67 bits per heavy atom. The minimum Gasteiger partial charge on any atom is -0.310 e. The first-order chi connectivity index (χ1) is 11.5. The van der Waals surface area contributed by atoms with Gasteiger partial charge in [0.15, 0.2) is 0 Å². The third-order valence-corrected chi connectivity index (χ3v) is 5.18. The van der Waals surface area contributed by atoms with E-state index in [4.69, 9.17) is 0 Å². The van der Waals surface area contributed by atoms with Gasteiger partial charge < -0.3 is 9.80 Å². The van der Waals surface area contributed by atoms with E-state index < -0.39 is 0 Å². The van der Waals surface area contributed by atoms with Crippen LogP contribution in [0.1, 0.15) is 18.1 Å². The van der Waals surface area contributed by atoms with Crippen LogP contribution in [-0.4, -0.2) is 24.9 Å². The molecule has 0 radical (unpaired) electrons. The van der Waals surface area contributed by atoms with Crippen molar-refractivity contribution in [2.24, 2.45) is 0 Å². The fraction of sp³-hybridized carbons (Fsp3) is 0.263. The number of carbonyl (C=O) groups excluding carboxylic acids is 2. The molecule has 0 spiro atoms. The topological polar surface area (TPSA) is 40.6 Å². The summed E-state index contributed by atoms with van der Waals surface area (Å²) in [5.41, 5.74) is 3.94. The summed E-state index contributed by atoms with van der Waals surface area (Å²) in [4.78, 5) is 28.1. The molecule has 0 fully saturated rings. The van der Waals surface area contributed by atoms with Gasteiger partial charge in [-0.1, -0.05) is 40.2 Å². The normalized spacial score (nSPS) is 12.9. The zero-order valence-corrected chi connectivity index (χ0v) is 15.3. The van der Waals surface area contributed by atoms with Gasteiger partial charge in [-0.25, -0.2) is 0 Å². The summed E-state index contributed by atoms with van der Waals surface area (Å²) in [6, 6.07) is 13.6. The Labute approximate surface area is 150 Å². The van der Waals surface area contributed by atoms with E-state index in [0.29, 0.717) is 6.54 Å². The monoisotopic (exact) mass is 386 g/mol. The van der Waals surface area contributed by atoms with Crippen LogP contribution >= 0.6 is 15.9 Å². The van der Waals surface area contributed by atoms with Crippen molar-refractivity contribution in [3.63, 3.8) is 0 Å². The van der Waals surface area contributed by atoms with Crippen molar-refractivity contribution in [2.75, 3.05) is 22.9 Å². The maximum Gasteiger partial charge on any atom is 0.247 e. The number of nitrogens with zero attached hydrogens (tertiary/aromatic N) is 2. The number of benzene rings is 2. The van der Waals surface area contributed by atoms with Crippen LogP contribution in [0.4, 0.5) is 11.4 Å². The molecule has 2 amide bonds. The van der Waals surface area contributed by atoms with Crippen LogP contribution < -0.4 is 9.80 Å². The third-order valence-electron chi connectivity index (χ3n) is 4.33. The first kappa shape index (κ1) is 16.7. The second kappa shape index (κ2) is 6.77. The second-order valence-electron chi connectivity index (χ2n) is 5.96. The van der Waals surface area contributed by atoms with Crippen LogP contribution in [0, 0.1) is 6.92 Å². The lowest BCUT2D eigenvalue weighted by Crippen LogP contribution is -2.41. The Morgan fingerprint density at radius 2 is 1.96 bits per heavy atom. The van der Waals surface area contributed by atoms with Gasteiger partial charge in [0, 0.05) is 29.3 Å². The van der Waals surface area contributed by atoms with Crippen molar-refractivity contribution in [3.8, 4) is 0 Å². The molecule has 0 aliphatic carbocycles. The van der Waals surface area contributed by atoms with E-state index in [1.807, 2.05) is 49.4 Å². The number of hydrogen-bond acceptors (Lipinski definition) is 2. The van der Waals surface area contributed by atoms with Gasteiger partial charge in [-0.3, -0.25) is 9.59 Å². The number of amides is 2. The number of fused-ring (bicyclic) bond motifs is 1. The number of aryl methyl sites for hydroxylation is 1. The molecule has 1 aliphatic rings. The summed E-state index contributed by atoms with van der Waals surface area (Å²) in [6.45, 7) is 4.18. The van der Waals surface area contributed by atoms with Crippen molar-refractivity contribution in [3.05, 3.63) is 58.1 Å². The van der Waals surface area contributed by atoms with Crippen LogP contribution in [0.5, 0.6) is 0 Å². The predicted octanol–water partition coefficient (Wildman–Crippen LogP) is 3.70. The number of anilines is 2. The Balaban J connectivity index is 1.83. The standard InChI is InChI=1S/C19H19BrN2O2/c1-13-7-8-16(11-17(13)20)22(14(2)23)12-19(24)21-10-9-15-5-3-4-6-18(15)21/h3-8,11H,9-10,12H2,1-2H3. The summed E-state index contributed by atoms with van der Waals surface area (Å²) < 4.78 is 0.921. The molecule has 2 aromatic rings. The highest BCUT2D eigenvalue weighted by Gasteiger charge is 2.26. The number of rotatable bonds is 3. The molecule has 24 heavy (non-hydrogen) atoms. The molecule has 1 aliphatic heterocycles. The van der Waals surface area contributed by atoms with Gasteiger partial charge >= 0.3 is 0 Å². The summed E-state index contributed by atoms with van der Waals surface area (Å²) in [5.74, 6) is -0.210. The fourth-order valence-corrected chi connectivity index (χ4v) is 3.32. The lowest BCUT2D eigenvalue weighted by molar-refractivity contribution is -0.121. The van der Waals surface area contributed by atoms with E-state index in [1.165, 1.54) is 17.4 Å². The fourth-order valence-electron chi connectivity index (χ4n) is 2.95. The van der Waals surface area contributed by atoms with Crippen molar-refractivity contribution in [1.82, 2.24) is 0 Å². The number of hydrogen-bond donors (Lipinski definition) is 0.